The first-order valence-corrected chi connectivity index (χ1v) is 8.19. The molecule has 1 aromatic carbocycles. The molecule has 2 aliphatic rings. The van der Waals surface area contributed by atoms with Crippen molar-refractivity contribution < 1.29 is 0 Å². The number of nitrogens with zero attached hydrogens (tertiary/aromatic N) is 3. The Hall–Kier alpha value is -1.42. The van der Waals surface area contributed by atoms with Gasteiger partial charge in [0.25, 0.3) is 0 Å². The van der Waals surface area contributed by atoms with E-state index in [9.17, 15) is 0 Å². The molecule has 1 aliphatic carbocycles. The number of benzene rings is 1. The topological polar surface area (TPSA) is 44.9 Å². The lowest BCUT2D eigenvalue weighted by Crippen LogP contribution is -2.51. The second-order valence-corrected chi connectivity index (χ2v) is 6.31. The minimum atomic E-state index is 0.458. The van der Waals surface area contributed by atoms with Gasteiger partial charge in [0.1, 0.15) is 0 Å². The van der Waals surface area contributed by atoms with Crippen LogP contribution in [-0.2, 0) is 0 Å². The molecule has 21 heavy (non-hydrogen) atoms. The van der Waals surface area contributed by atoms with Crippen LogP contribution < -0.4 is 10.6 Å². The van der Waals surface area contributed by atoms with Crippen LogP contribution in [0, 0.1) is 0 Å². The maximum Gasteiger partial charge on any atom is 0.191 e. The number of anilines is 1. The zero-order chi connectivity index (χ0) is 14.7. The molecule has 4 nitrogen and oxygen atoms in total. The average molecular weight is 307 g/mol. The summed E-state index contributed by atoms with van der Waals surface area (Å²) in [6, 6.07) is 8.50. The number of piperazine rings is 1. The molecule has 1 saturated heterocycles. The highest BCUT2D eigenvalue weighted by atomic mass is 35.5. The molecule has 0 amide bonds. The Labute approximate surface area is 131 Å². The van der Waals surface area contributed by atoms with Gasteiger partial charge in [0, 0.05) is 36.9 Å². The number of hydrogen-bond donors (Lipinski definition) is 1. The van der Waals surface area contributed by atoms with Gasteiger partial charge in [-0.25, -0.2) is 4.99 Å². The van der Waals surface area contributed by atoms with Crippen LogP contribution in [0.2, 0.25) is 5.02 Å². The van der Waals surface area contributed by atoms with Gasteiger partial charge in [-0.2, -0.15) is 0 Å². The summed E-state index contributed by atoms with van der Waals surface area (Å²) in [5, 5.41) is 0.783. The number of aliphatic imine (C=N–C) groups is 1. The van der Waals surface area contributed by atoms with Crippen LogP contribution in [0.1, 0.15) is 25.7 Å². The molecule has 2 N–H and O–H groups in total. The Kier molecular flexibility index (Phi) is 4.54. The highest BCUT2D eigenvalue weighted by molar-refractivity contribution is 6.30. The van der Waals surface area contributed by atoms with Crippen LogP contribution in [0.25, 0.3) is 0 Å². The standard InChI is InChI=1S/C16H23ClN4/c17-13-5-7-15(8-6-13)20-9-11-21(12-10-20)16(18)19-14-3-1-2-4-14/h5-8,14H,1-4,9-12H2,(H2,18,19). The van der Waals surface area contributed by atoms with Crippen molar-refractivity contribution in [2.45, 2.75) is 31.7 Å². The Bertz CT molecular complexity index is 486. The third-order valence-corrected chi connectivity index (χ3v) is 4.69. The molecule has 2 fully saturated rings. The lowest BCUT2D eigenvalue weighted by Gasteiger charge is -2.36. The molecule has 5 heteroatoms. The van der Waals surface area contributed by atoms with E-state index in [0.717, 1.165) is 37.2 Å². The van der Waals surface area contributed by atoms with Crippen LogP contribution in [0.4, 0.5) is 5.69 Å². The first-order valence-electron chi connectivity index (χ1n) is 7.81. The fraction of sp³-hybridized carbons (Fsp3) is 0.562. The molecule has 0 atom stereocenters. The van der Waals surface area contributed by atoms with Gasteiger partial charge in [0.15, 0.2) is 5.96 Å². The molecule has 3 rings (SSSR count). The van der Waals surface area contributed by atoms with Gasteiger partial charge in [-0.15, -0.1) is 0 Å². The number of hydrogen-bond acceptors (Lipinski definition) is 2. The fourth-order valence-electron chi connectivity index (χ4n) is 3.15. The van der Waals surface area contributed by atoms with Gasteiger partial charge in [-0.05, 0) is 37.1 Å². The number of nitrogens with two attached hydrogens (primary N) is 1. The van der Waals surface area contributed by atoms with Gasteiger partial charge in [-0.3, -0.25) is 0 Å². The van der Waals surface area contributed by atoms with E-state index in [1.54, 1.807) is 0 Å². The summed E-state index contributed by atoms with van der Waals surface area (Å²) >= 11 is 5.94. The molecular weight excluding hydrogens is 284 g/mol. The molecule has 0 unspecified atom stereocenters. The van der Waals surface area contributed by atoms with Crippen LogP contribution in [0.3, 0.4) is 0 Å². The summed E-state index contributed by atoms with van der Waals surface area (Å²) < 4.78 is 0. The number of guanidine groups is 1. The number of rotatable bonds is 2. The predicted molar refractivity (Wildman–Crippen MR) is 89.1 cm³/mol. The van der Waals surface area contributed by atoms with Crippen molar-refractivity contribution in [3.63, 3.8) is 0 Å². The van der Waals surface area contributed by atoms with Crippen molar-refractivity contribution in [2.24, 2.45) is 10.7 Å². The van der Waals surface area contributed by atoms with Gasteiger partial charge in [0.2, 0.25) is 0 Å². The Morgan fingerprint density at radius 2 is 1.67 bits per heavy atom. The third-order valence-electron chi connectivity index (χ3n) is 4.43. The van der Waals surface area contributed by atoms with E-state index in [0.29, 0.717) is 6.04 Å². The molecule has 1 aliphatic heterocycles. The van der Waals surface area contributed by atoms with E-state index in [1.807, 2.05) is 12.1 Å². The van der Waals surface area contributed by atoms with Crippen LogP contribution in [0.15, 0.2) is 29.3 Å². The molecule has 0 aromatic heterocycles. The van der Waals surface area contributed by atoms with Crippen molar-refractivity contribution in [3.8, 4) is 0 Å². The summed E-state index contributed by atoms with van der Waals surface area (Å²) in [6.07, 6.45) is 4.99. The number of halogens is 1. The molecule has 1 heterocycles. The van der Waals surface area contributed by atoms with Gasteiger partial charge >= 0.3 is 0 Å². The Morgan fingerprint density at radius 1 is 1.05 bits per heavy atom. The average Bonchev–Trinajstić information content (AvgIpc) is 3.01. The SMILES string of the molecule is NC(=NC1CCCC1)N1CCN(c2ccc(Cl)cc2)CC1. The van der Waals surface area contributed by atoms with E-state index in [1.165, 1.54) is 31.4 Å². The molecule has 114 valence electrons. The minimum Gasteiger partial charge on any atom is -0.370 e. The largest absolute Gasteiger partial charge is 0.370 e. The highest BCUT2D eigenvalue weighted by Crippen LogP contribution is 2.22. The maximum absolute atomic E-state index is 6.17. The summed E-state index contributed by atoms with van der Waals surface area (Å²) in [5.41, 5.74) is 7.40. The van der Waals surface area contributed by atoms with E-state index in [2.05, 4.69) is 21.9 Å². The smallest absolute Gasteiger partial charge is 0.191 e. The maximum atomic E-state index is 6.17. The van der Waals surface area contributed by atoms with E-state index in [-0.39, 0.29) is 0 Å². The minimum absolute atomic E-state index is 0.458. The summed E-state index contributed by atoms with van der Waals surface area (Å²) in [6.45, 7) is 3.82. The van der Waals surface area contributed by atoms with Crippen molar-refractivity contribution in [1.82, 2.24) is 4.90 Å². The molecular formula is C16H23ClN4. The second-order valence-electron chi connectivity index (χ2n) is 5.88. The van der Waals surface area contributed by atoms with E-state index < -0.39 is 0 Å². The monoisotopic (exact) mass is 306 g/mol. The van der Waals surface area contributed by atoms with E-state index >= 15 is 0 Å². The van der Waals surface area contributed by atoms with Crippen molar-refractivity contribution in [1.29, 1.82) is 0 Å². The molecule has 0 spiro atoms. The first kappa shape index (κ1) is 14.5. The third kappa shape index (κ3) is 3.62. The lowest BCUT2D eigenvalue weighted by atomic mass is 10.2. The first-order chi connectivity index (χ1) is 10.2. The van der Waals surface area contributed by atoms with E-state index in [4.69, 9.17) is 22.3 Å². The predicted octanol–water partition coefficient (Wildman–Crippen LogP) is 2.72. The normalized spacial score (nSPS) is 21.1. The molecule has 1 aromatic rings. The van der Waals surface area contributed by atoms with Gasteiger partial charge < -0.3 is 15.5 Å². The Morgan fingerprint density at radius 3 is 2.29 bits per heavy atom. The van der Waals surface area contributed by atoms with Crippen molar-refractivity contribution >= 4 is 23.2 Å². The van der Waals surface area contributed by atoms with Crippen LogP contribution in [0.5, 0.6) is 0 Å². The van der Waals surface area contributed by atoms with Crippen molar-refractivity contribution in [3.05, 3.63) is 29.3 Å². The lowest BCUT2D eigenvalue weighted by molar-refractivity contribution is 0.379. The zero-order valence-electron chi connectivity index (χ0n) is 12.3. The Balaban J connectivity index is 1.55. The van der Waals surface area contributed by atoms with Crippen molar-refractivity contribution in [2.75, 3.05) is 31.1 Å². The zero-order valence-corrected chi connectivity index (χ0v) is 13.1. The fourth-order valence-corrected chi connectivity index (χ4v) is 3.27. The summed E-state index contributed by atoms with van der Waals surface area (Å²) in [7, 11) is 0. The quantitative estimate of drug-likeness (QED) is 0.675. The molecule has 0 bridgehead atoms. The summed E-state index contributed by atoms with van der Waals surface area (Å²) in [4.78, 5) is 9.28. The summed E-state index contributed by atoms with van der Waals surface area (Å²) in [5.74, 6) is 0.734. The van der Waals surface area contributed by atoms with Gasteiger partial charge in [-0.1, -0.05) is 24.4 Å². The van der Waals surface area contributed by atoms with Crippen LogP contribution in [-0.4, -0.2) is 43.1 Å². The molecule has 0 radical (unpaired) electrons. The second kappa shape index (κ2) is 6.56. The molecule has 1 saturated carbocycles. The van der Waals surface area contributed by atoms with Gasteiger partial charge in [0.05, 0.1) is 6.04 Å². The highest BCUT2D eigenvalue weighted by Gasteiger charge is 2.20. The van der Waals surface area contributed by atoms with Crippen LogP contribution >= 0.6 is 11.6 Å².